The molecule has 3 nitrogen and oxygen atoms in total. The summed E-state index contributed by atoms with van der Waals surface area (Å²) in [7, 11) is 3.07. The van der Waals surface area contributed by atoms with Crippen LogP contribution in [0.5, 0.6) is 0 Å². The summed E-state index contributed by atoms with van der Waals surface area (Å²) >= 11 is 5.40. The molecule has 0 aromatic heterocycles. The van der Waals surface area contributed by atoms with Crippen molar-refractivity contribution in [3.05, 3.63) is 0 Å². The summed E-state index contributed by atoms with van der Waals surface area (Å²) in [6, 6.07) is 0. The van der Waals surface area contributed by atoms with E-state index in [0.717, 1.165) is 0 Å². The van der Waals surface area contributed by atoms with Crippen LogP contribution in [0.2, 0.25) is 0 Å². The van der Waals surface area contributed by atoms with E-state index in [-0.39, 0.29) is 5.17 Å². The quantitative estimate of drug-likeness (QED) is 0.563. The fourth-order valence-corrected chi connectivity index (χ4v) is 0.391. The number of hydrogen-bond donors (Lipinski definition) is 1. The van der Waals surface area contributed by atoms with Crippen LogP contribution < -0.4 is 0 Å². The average molecular weight is 149 g/mol. The molecule has 1 atom stereocenters. The Morgan fingerprint density at radius 2 is 2.22 bits per heavy atom. The van der Waals surface area contributed by atoms with Gasteiger partial charge in [-0.2, -0.15) is 0 Å². The number of aliphatic hydroxyl groups excluding tert-OH is 1. The van der Waals surface area contributed by atoms with E-state index in [0.29, 0.717) is 0 Å². The third-order valence-corrected chi connectivity index (χ3v) is 1.14. The largest absolute Gasteiger partial charge is 0.380 e. The van der Waals surface area contributed by atoms with Crippen LogP contribution in [0.15, 0.2) is 9.98 Å². The average Bonchev–Trinajstić information content (AvgIpc) is 1.87. The summed E-state index contributed by atoms with van der Waals surface area (Å²) < 4.78 is 0. The van der Waals surface area contributed by atoms with E-state index in [4.69, 9.17) is 16.7 Å². The van der Waals surface area contributed by atoms with Gasteiger partial charge >= 0.3 is 0 Å². The molecule has 0 spiro atoms. The molecule has 0 aliphatic carbocycles. The molecule has 0 bridgehead atoms. The number of hydrogen-bond acceptors (Lipinski definition) is 3. The zero-order valence-corrected chi connectivity index (χ0v) is 6.13. The molecular formula is C5H9ClN2O. The van der Waals surface area contributed by atoms with Gasteiger partial charge in [-0.25, -0.2) is 0 Å². The molecule has 0 amide bonds. The minimum atomic E-state index is -0.846. The molecule has 1 N–H and O–H groups in total. The number of aliphatic hydroxyl groups is 1. The molecule has 0 rings (SSSR count). The number of halogens is 1. The Bertz CT molecular complexity index is 133. The molecule has 4 heteroatoms. The van der Waals surface area contributed by atoms with E-state index in [2.05, 4.69) is 9.98 Å². The van der Waals surface area contributed by atoms with Gasteiger partial charge < -0.3 is 5.11 Å². The summed E-state index contributed by atoms with van der Waals surface area (Å²) in [6.07, 6.45) is 0.469. The van der Waals surface area contributed by atoms with Gasteiger partial charge in [0.1, 0.15) is 11.3 Å². The lowest BCUT2D eigenvalue weighted by Crippen LogP contribution is -2.16. The van der Waals surface area contributed by atoms with Crippen molar-refractivity contribution in [2.75, 3.05) is 14.1 Å². The van der Waals surface area contributed by atoms with Crippen LogP contribution in [-0.4, -0.2) is 36.7 Å². The smallest absolute Gasteiger partial charge is 0.141 e. The van der Waals surface area contributed by atoms with Crippen molar-refractivity contribution in [2.45, 2.75) is 6.10 Å². The van der Waals surface area contributed by atoms with Crippen LogP contribution in [0.4, 0.5) is 0 Å². The van der Waals surface area contributed by atoms with Gasteiger partial charge in [-0.15, -0.1) is 0 Å². The zero-order chi connectivity index (χ0) is 7.28. The first-order chi connectivity index (χ1) is 4.22. The Kier molecular flexibility index (Phi) is 4.26. The van der Waals surface area contributed by atoms with Crippen molar-refractivity contribution in [1.82, 2.24) is 0 Å². The molecule has 1 unspecified atom stereocenters. The van der Waals surface area contributed by atoms with E-state index in [1.54, 1.807) is 7.05 Å². The normalized spacial score (nSPS) is 16.7. The highest BCUT2D eigenvalue weighted by Gasteiger charge is 2.03. The molecule has 0 radical (unpaired) electrons. The number of rotatable bonds is 2. The molecule has 0 saturated carbocycles. The molecule has 0 aromatic rings. The molecule has 52 valence electrons. The second-order valence-electron chi connectivity index (χ2n) is 1.40. The van der Waals surface area contributed by atoms with Crippen LogP contribution in [0.25, 0.3) is 0 Å². The van der Waals surface area contributed by atoms with Gasteiger partial charge in [-0.05, 0) is 0 Å². The van der Waals surface area contributed by atoms with Gasteiger partial charge in [0.15, 0.2) is 0 Å². The van der Waals surface area contributed by atoms with Gasteiger partial charge in [0.2, 0.25) is 0 Å². The summed E-state index contributed by atoms with van der Waals surface area (Å²) in [5.74, 6) is 0. The predicted octanol–water partition coefficient (Wildman–Crippen LogP) is 0.315. The highest BCUT2D eigenvalue weighted by molar-refractivity contribution is 6.67. The molecule has 0 aliphatic rings. The van der Waals surface area contributed by atoms with Crippen LogP contribution in [0.3, 0.4) is 0 Å². The van der Waals surface area contributed by atoms with E-state index in [9.17, 15) is 0 Å². The summed E-state index contributed by atoms with van der Waals surface area (Å²) in [5, 5.41) is 9.06. The first-order valence-electron chi connectivity index (χ1n) is 2.45. The lowest BCUT2D eigenvalue weighted by Gasteiger charge is -1.97. The Morgan fingerprint density at radius 3 is 2.56 bits per heavy atom. The van der Waals surface area contributed by atoms with Crippen molar-refractivity contribution in [3.63, 3.8) is 0 Å². The second-order valence-corrected chi connectivity index (χ2v) is 1.79. The standard InChI is InChI=1S/C5H9ClN2O/c1-7-3-4(9)5(6)8-2/h3-4,9H,1-2H3. The monoisotopic (exact) mass is 148 g/mol. The molecule has 0 aromatic carbocycles. The highest BCUT2D eigenvalue weighted by atomic mass is 35.5. The van der Waals surface area contributed by atoms with Crippen molar-refractivity contribution < 1.29 is 5.11 Å². The minimum absolute atomic E-state index is 0.153. The number of aliphatic imine (C=N–C) groups is 2. The third-order valence-electron chi connectivity index (χ3n) is 0.748. The zero-order valence-electron chi connectivity index (χ0n) is 5.37. The van der Waals surface area contributed by atoms with Crippen molar-refractivity contribution in [3.8, 4) is 0 Å². The molecule has 9 heavy (non-hydrogen) atoms. The lowest BCUT2D eigenvalue weighted by molar-refractivity contribution is 0.313. The van der Waals surface area contributed by atoms with Crippen LogP contribution in [0.1, 0.15) is 0 Å². The van der Waals surface area contributed by atoms with Crippen molar-refractivity contribution in [2.24, 2.45) is 9.98 Å². The van der Waals surface area contributed by atoms with Gasteiger partial charge in [0.25, 0.3) is 0 Å². The Balaban J connectivity index is 3.88. The van der Waals surface area contributed by atoms with Crippen LogP contribution in [-0.2, 0) is 0 Å². The number of nitrogens with zero attached hydrogens (tertiary/aromatic N) is 2. The van der Waals surface area contributed by atoms with E-state index in [1.165, 1.54) is 13.3 Å². The van der Waals surface area contributed by atoms with Gasteiger partial charge in [-0.1, -0.05) is 11.6 Å². The fraction of sp³-hybridized carbons (Fsp3) is 0.600. The maximum atomic E-state index is 8.91. The topological polar surface area (TPSA) is 45.0 Å². The van der Waals surface area contributed by atoms with Crippen molar-refractivity contribution in [1.29, 1.82) is 0 Å². The maximum Gasteiger partial charge on any atom is 0.141 e. The van der Waals surface area contributed by atoms with E-state index in [1.807, 2.05) is 0 Å². The van der Waals surface area contributed by atoms with E-state index >= 15 is 0 Å². The summed E-state index contributed by atoms with van der Waals surface area (Å²) in [5.41, 5.74) is 0. The maximum absolute atomic E-state index is 8.91. The Morgan fingerprint density at radius 1 is 1.67 bits per heavy atom. The summed E-state index contributed by atoms with van der Waals surface area (Å²) in [4.78, 5) is 7.11. The Labute approximate surface area is 59.1 Å². The van der Waals surface area contributed by atoms with Gasteiger partial charge in [-0.3, -0.25) is 9.98 Å². The Hall–Kier alpha value is -0.410. The van der Waals surface area contributed by atoms with Gasteiger partial charge in [0, 0.05) is 20.3 Å². The van der Waals surface area contributed by atoms with E-state index < -0.39 is 6.10 Å². The third kappa shape index (κ3) is 3.21. The SMILES string of the molecule is CN=CC(O)C(Cl)=NC. The summed E-state index contributed by atoms with van der Waals surface area (Å²) in [6.45, 7) is 0. The van der Waals surface area contributed by atoms with Crippen LogP contribution >= 0.6 is 11.6 Å². The van der Waals surface area contributed by atoms with Crippen LogP contribution in [0, 0.1) is 0 Å². The minimum Gasteiger partial charge on any atom is -0.380 e. The first kappa shape index (κ1) is 8.59. The fourth-order valence-electron chi connectivity index (χ4n) is 0.335. The second kappa shape index (κ2) is 4.47. The first-order valence-corrected chi connectivity index (χ1v) is 2.82. The molecule has 0 heterocycles. The molecule has 0 fully saturated rings. The molecular weight excluding hydrogens is 140 g/mol. The van der Waals surface area contributed by atoms with Crippen molar-refractivity contribution >= 4 is 23.0 Å². The predicted molar refractivity (Wildman–Crippen MR) is 39.6 cm³/mol. The molecule has 0 aliphatic heterocycles. The van der Waals surface area contributed by atoms with Gasteiger partial charge in [0.05, 0.1) is 0 Å². The lowest BCUT2D eigenvalue weighted by atomic mass is 10.4. The molecule has 0 saturated heterocycles. The highest BCUT2D eigenvalue weighted by Crippen LogP contribution is 1.90.